The van der Waals surface area contributed by atoms with E-state index >= 15 is 0 Å². The molecule has 94 valence electrons. The second-order valence-corrected chi connectivity index (χ2v) is 4.48. The molecule has 1 atom stereocenters. The van der Waals surface area contributed by atoms with Crippen LogP contribution in [0.2, 0.25) is 0 Å². The lowest BCUT2D eigenvalue weighted by Crippen LogP contribution is -2.29. The van der Waals surface area contributed by atoms with Crippen LogP contribution >= 0.6 is 0 Å². The molecule has 0 amide bonds. The first-order chi connectivity index (χ1) is 8.06. The minimum atomic E-state index is 0.0390. The Kier molecular flexibility index (Phi) is 5.10. The number of aromatic nitrogens is 1. The van der Waals surface area contributed by atoms with Gasteiger partial charge in [-0.2, -0.15) is 0 Å². The van der Waals surface area contributed by atoms with Gasteiger partial charge < -0.3 is 5.73 Å². The Morgan fingerprint density at radius 2 is 2.29 bits per heavy atom. The number of nitrogens with zero attached hydrogens (tertiary/aromatic N) is 2. The number of hydrogen-bond acceptors (Lipinski definition) is 3. The van der Waals surface area contributed by atoms with Gasteiger partial charge in [0.2, 0.25) is 0 Å². The fraction of sp³-hybridized carbons (Fsp3) is 0.538. The molecule has 17 heavy (non-hydrogen) atoms. The summed E-state index contributed by atoms with van der Waals surface area (Å²) in [6.07, 6.45) is 4.03. The monoisotopic (exact) mass is 234 g/mol. The van der Waals surface area contributed by atoms with Gasteiger partial charge in [-0.3, -0.25) is 15.3 Å². The molecule has 0 saturated heterocycles. The van der Waals surface area contributed by atoms with Crippen LogP contribution in [0.15, 0.2) is 18.3 Å². The molecule has 1 aromatic rings. The first-order valence-corrected chi connectivity index (χ1v) is 6.04. The summed E-state index contributed by atoms with van der Waals surface area (Å²) in [5.74, 6) is 0.0390. The first-order valence-electron chi connectivity index (χ1n) is 6.04. The summed E-state index contributed by atoms with van der Waals surface area (Å²) in [6, 6.07) is 4.40. The van der Waals surface area contributed by atoms with E-state index in [9.17, 15) is 0 Å². The number of nitrogens with two attached hydrogens (primary N) is 1. The molecular weight excluding hydrogens is 212 g/mol. The van der Waals surface area contributed by atoms with E-state index in [4.69, 9.17) is 11.1 Å². The molecule has 0 spiro atoms. The van der Waals surface area contributed by atoms with Crippen LogP contribution in [0.25, 0.3) is 0 Å². The number of amidine groups is 1. The van der Waals surface area contributed by atoms with Crippen LogP contribution in [-0.4, -0.2) is 28.8 Å². The maximum Gasteiger partial charge on any atom is 0.142 e. The zero-order valence-electron chi connectivity index (χ0n) is 10.9. The van der Waals surface area contributed by atoms with Crippen molar-refractivity contribution in [3.63, 3.8) is 0 Å². The third-order valence-corrected chi connectivity index (χ3v) is 3.03. The van der Waals surface area contributed by atoms with Crippen molar-refractivity contribution < 1.29 is 0 Å². The van der Waals surface area contributed by atoms with Gasteiger partial charge in [-0.1, -0.05) is 19.4 Å². The summed E-state index contributed by atoms with van der Waals surface area (Å²) < 4.78 is 0. The molecule has 4 heteroatoms. The zero-order chi connectivity index (χ0) is 12.8. The predicted molar refractivity (Wildman–Crippen MR) is 71.1 cm³/mol. The summed E-state index contributed by atoms with van der Waals surface area (Å²) in [6.45, 7) is 5.19. The van der Waals surface area contributed by atoms with E-state index in [1.54, 1.807) is 6.20 Å². The highest BCUT2D eigenvalue weighted by molar-refractivity contribution is 5.94. The van der Waals surface area contributed by atoms with Gasteiger partial charge in [0.15, 0.2) is 0 Å². The van der Waals surface area contributed by atoms with E-state index in [-0.39, 0.29) is 5.84 Å². The van der Waals surface area contributed by atoms with Crippen LogP contribution in [0.1, 0.15) is 37.9 Å². The highest BCUT2D eigenvalue weighted by Gasteiger charge is 2.12. The molecular formula is C13H22N4. The van der Waals surface area contributed by atoms with Crippen molar-refractivity contribution in [2.75, 3.05) is 7.05 Å². The van der Waals surface area contributed by atoms with Crippen LogP contribution in [0, 0.1) is 5.41 Å². The normalized spacial score (nSPS) is 12.7. The van der Waals surface area contributed by atoms with Crippen molar-refractivity contribution in [2.45, 2.75) is 39.3 Å². The predicted octanol–water partition coefficient (Wildman–Crippen LogP) is 1.99. The molecule has 4 nitrogen and oxygen atoms in total. The van der Waals surface area contributed by atoms with Gasteiger partial charge in [0.1, 0.15) is 11.5 Å². The minimum Gasteiger partial charge on any atom is -0.382 e. The first kappa shape index (κ1) is 13.6. The number of rotatable bonds is 6. The summed E-state index contributed by atoms with van der Waals surface area (Å²) in [5.41, 5.74) is 7.15. The van der Waals surface area contributed by atoms with Crippen molar-refractivity contribution in [1.82, 2.24) is 9.88 Å². The van der Waals surface area contributed by atoms with Crippen molar-refractivity contribution in [1.29, 1.82) is 5.41 Å². The van der Waals surface area contributed by atoms with E-state index < -0.39 is 0 Å². The molecule has 1 aromatic heterocycles. The molecule has 1 heterocycles. The number of nitrogen functional groups attached to an aromatic ring is 1. The highest BCUT2D eigenvalue weighted by atomic mass is 15.1. The Balaban J connectivity index is 2.77. The topological polar surface area (TPSA) is 66.0 Å². The van der Waals surface area contributed by atoms with Crippen LogP contribution in [-0.2, 0) is 6.54 Å². The van der Waals surface area contributed by atoms with Gasteiger partial charge >= 0.3 is 0 Å². The molecule has 0 saturated carbocycles. The van der Waals surface area contributed by atoms with Gasteiger partial charge in [-0.15, -0.1) is 0 Å². The lowest BCUT2D eigenvalue weighted by atomic mass is 10.1. The van der Waals surface area contributed by atoms with Gasteiger partial charge in [-0.25, -0.2) is 0 Å². The molecule has 0 aliphatic rings. The van der Waals surface area contributed by atoms with Gasteiger partial charge in [-0.05, 0) is 32.0 Å². The zero-order valence-corrected chi connectivity index (χ0v) is 10.9. The molecule has 3 N–H and O–H groups in total. The van der Waals surface area contributed by atoms with Crippen molar-refractivity contribution >= 4 is 5.84 Å². The van der Waals surface area contributed by atoms with Crippen LogP contribution in [0.4, 0.5) is 0 Å². The summed E-state index contributed by atoms with van der Waals surface area (Å²) in [5, 5.41) is 7.51. The van der Waals surface area contributed by atoms with Crippen LogP contribution in [0.3, 0.4) is 0 Å². The molecule has 0 aromatic carbocycles. The summed E-state index contributed by atoms with van der Waals surface area (Å²) >= 11 is 0. The van der Waals surface area contributed by atoms with E-state index in [1.807, 2.05) is 12.1 Å². The summed E-state index contributed by atoms with van der Waals surface area (Å²) in [4.78, 5) is 6.43. The van der Waals surface area contributed by atoms with Gasteiger partial charge in [0.05, 0.1) is 0 Å². The molecule has 1 unspecified atom stereocenters. The number of nitrogens with one attached hydrogen (secondary N) is 1. The Labute approximate surface area is 103 Å². The number of pyridine rings is 1. The van der Waals surface area contributed by atoms with E-state index in [0.717, 1.165) is 12.1 Å². The minimum absolute atomic E-state index is 0.0390. The van der Waals surface area contributed by atoms with Crippen LogP contribution in [0.5, 0.6) is 0 Å². The van der Waals surface area contributed by atoms with E-state index in [0.29, 0.717) is 11.7 Å². The van der Waals surface area contributed by atoms with E-state index in [2.05, 4.69) is 30.8 Å². The molecule has 0 aliphatic carbocycles. The quantitative estimate of drug-likeness (QED) is 0.584. The maximum absolute atomic E-state index is 7.51. The number of hydrogen-bond donors (Lipinski definition) is 2. The average Bonchev–Trinajstić information content (AvgIpc) is 2.29. The highest BCUT2D eigenvalue weighted by Crippen LogP contribution is 2.12. The van der Waals surface area contributed by atoms with E-state index in [1.165, 1.54) is 12.8 Å². The second-order valence-electron chi connectivity index (χ2n) is 4.48. The second kappa shape index (κ2) is 6.35. The van der Waals surface area contributed by atoms with Crippen LogP contribution < -0.4 is 5.73 Å². The lowest BCUT2D eigenvalue weighted by Gasteiger charge is -2.25. The molecule has 0 aliphatic heterocycles. The van der Waals surface area contributed by atoms with Crippen molar-refractivity contribution in [2.24, 2.45) is 5.73 Å². The Bertz CT molecular complexity index is 375. The Morgan fingerprint density at radius 1 is 1.59 bits per heavy atom. The molecule has 0 radical (unpaired) electrons. The van der Waals surface area contributed by atoms with Crippen molar-refractivity contribution in [3.8, 4) is 0 Å². The smallest absolute Gasteiger partial charge is 0.142 e. The molecule has 0 bridgehead atoms. The largest absolute Gasteiger partial charge is 0.382 e. The lowest BCUT2D eigenvalue weighted by molar-refractivity contribution is 0.236. The van der Waals surface area contributed by atoms with Crippen molar-refractivity contribution in [3.05, 3.63) is 29.6 Å². The van der Waals surface area contributed by atoms with Gasteiger partial charge in [0, 0.05) is 18.8 Å². The fourth-order valence-corrected chi connectivity index (χ4v) is 1.87. The standard InChI is InChI=1S/C13H22N4/c1-4-6-10(2)17(3)9-11-7-5-8-16-12(11)13(14)15/h5,7-8,10H,4,6,9H2,1-3H3,(H3,14,15). The Morgan fingerprint density at radius 3 is 2.88 bits per heavy atom. The Hall–Kier alpha value is -1.42. The van der Waals surface area contributed by atoms with Gasteiger partial charge in [0.25, 0.3) is 0 Å². The average molecular weight is 234 g/mol. The fourth-order valence-electron chi connectivity index (χ4n) is 1.87. The molecule has 1 rings (SSSR count). The maximum atomic E-state index is 7.51. The summed E-state index contributed by atoms with van der Waals surface area (Å²) in [7, 11) is 2.09. The third kappa shape index (κ3) is 3.82. The third-order valence-electron chi connectivity index (χ3n) is 3.03. The SMILES string of the molecule is CCCC(C)N(C)Cc1cccnc1C(=N)N. The molecule has 0 fully saturated rings.